The Morgan fingerprint density at radius 3 is 3.00 bits per heavy atom. The normalized spacial score (nSPS) is 16.3. The number of hydrogen-bond acceptors (Lipinski definition) is 4. The summed E-state index contributed by atoms with van der Waals surface area (Å²) in [6.45, 7) is 4.51. The molecule has 26 heavy (non-hydrogen) atoms. The Bertz CT molecular complexity index is 856. The maximum Gasteiger partial charge on any atom is 0.119 e. The molecule has 0 spiro atoms. The van der Waals surface area contributed by atoms with E-state index in [0.29, 0.717) is 6.61 Å². The molecule has 3 heterocycles. The number of benzene rings is 1. The Labute approximate surface area is 153 Å². The van der Waals surface area contributed by atoms with Gasteiger partial charge < -0.3 is 15.0 Å². The van der Waals surface area contributed by atoms with Crippen molar-refractivity contribution in [1.82, 2.24) is 20.3 Å². The molecular formula is C21H24N4O. The van der Waals surface area contributed by atoms with Gasteiger partial charge in [-0.05, 0) is 35.7 Å². The van der Waals surface area contributed by atoms with Gasteiger partial charge in [-0.25, -0.2) is 4.98 Å². The van der Waals surface area contributed by atoms with Crippen LogP contribution in [0.5, 0.6) is 5.75 Å². The second-order valence-electron chi connectivity index (χ2n) is 6.63. The first kappa shape index (κ1) is 16.8. The SMILES string of the molecule is CCc1ccc(CCOc2cccc(C3CNCc4[nH]cnc43)c2)nc1. The summed E-state index contributed by atoms with van der Waals surface area (Å²) in [6, 6.07) is 12.6. The third kappa shape index (κ3) is 3.63. The van der Waals surface area contributed by atoms with Gasteiger partial charge in [0.25, 0.3) is 0 Å². The molecular weight excluding hydrogens is 324 g/mol. The second-order valence-corrected chi connectivity index (χ2v) is 6.63. The molecule has 1 unspecified atom stereocenters. The number of pyridine rings is 1. The van der Waals surface area contributed by atoms with E-state index < -0.39 is 0 Å². The maximum atomic E-state index is 5.98. The van der Waals surface area contributed by atoms with Crippen LogP contribution in [0.3, 0.4) is 0 Å². The van der Waals surface area contributed by atoms with Crippen LogP contribution in [0.15, 0.2) is 48.9 Å². The van der Waals surface area contributed by atoms with Gasteiger partial charge in [-0.3, -0.25) is 4.98 Å². The zero-order valence-corrected chi connectivity index (χ0v) is 15.0. The minimum absolute atomic E-state index is 0.261. The lowest BCUT2D eigenvalue weighted by molar-refractivity contribution is 0.320. The van der Waals surface area contributed by atoms with Crippen molar-refractivity contribution in [3.8, 4) is 5.75 Å². The molecule has 3 aromatic rings. The number of ether oxygens (including phenoxy) is 1. The highest BCUT2D eigenvalue weighted by atomic mass is 16.5. The standard InChI is InChI=1S/C21H24N4O/c1-2-15-6-7-17(23-11-15)8-9-26-18-5-3-4-16(10-18)19-12-22-13-20-21(19)25-14-24-20/h3-7,10-11,14,19,22H,2,8-9,12-13H2,1H3,(H,24,25). The van der Waals surface area contributed by atoms with Crippen LogP contribution in [-0.4, -0.2) is 28.1 Å². The molecule has 1 aliphatic heterocycles. The molecule has 0 fully saturated rings. The Kier molecular flexibility index (Phi) is 4.97. The average Bonchev–Trinajstić information content (AvgIpc) is 3.18. The van der Waals surface area contributed by atoms with Crippen LogP contribution >= 0.6 is 0 Å². The number of rotatable bonds is 6. The predicted molar refractivity (Wildman–Crippen MR) is 101 cm³/mol. The molecule has 1 aromatic carbocycles. The van der Waals surface area contributed by atoms with Gasteiger partial charge in [0, 0.05) is 37.3 Å². The highest BCUT2D eigenvalue weighted by Gasteiger charge is 2.24. The number of H-pyrrole nitrogens is 1. The first-order chi connectivity index (χ1) is 12.8. The van der Waals surface area contributed by atoms with Gasteiger partial charge in [-0.2, -0.15) is 0 Å². The highest BCUT2D eigenvalue weighted by Crippen LogP contribution is 2.29. The van der Waals surface area contributed by atoms with Gasteiger partial charge in [0.1, 0.15) is 5.75 Å². The van der Waals surface area contributed by atoms with E-state index in [1.165, 1.54) is 16.8 Å². The van der Waals surface area contributed by atoms with E-state index in [-0.39, 0.29) is 5.92 Å². The number of hydrogen-bond donors (Lipinski definition) is 2. The number of fused-ring (bicyclic) bond motifs is 1. The molecule has 5 heteroatoms. The molecule has 134 valence electrons. The summed E-state index contributed by atoms with van der Waals surface area (Å²) in [7, 11) is 0. The number of aromatic amines is 1. The van der Waals surface area contributed by atoms with E-state index in [0.717, 1.165) is 43.1 Å². The van der Waals surface area contributed by atoms with E-state index in [9.17, 15) is 0 Å². The van der Waals surface area contributed by atoms with Gasteiger partial charge in [0.15, 0.2) is 0 Å². The van der Waals surface area contributed by atoms with Gasteiger partial charge in [-0.1, -0.05) is 25.1 Å². The van der Waals surface area contributed by atoms with Crippen molar-refractivity contribution in [2.45, 2.75) is 32.2 Å². The van der Waals surface area contributed by atoms with Crippen LogP contribution in [0.1, 0.15) is 41.1 Å². The Hall–Kier alpha value is -2.66. The first-order valence-corrected chi connectivity index (χ1v) is 9.23. The van der Waals surface area contributed by atoms with E-state index in [1.807, 2.05) is 12.3 Å². The van der Waals surface area contributed by atoms with Crippen molar-refractivity contribution in [1.29, 1.82) is 0 Å². The Balaban J connectivity index is 1.40. The molecule has 0 radical (unpaired) electrons. The summed E-state index contributed by atoms with van der Waals surface area (Å²) < 4.78 is 5.98. The van der Waals surface area contributed by atoms with E-state index >= 15 is 0 Å². The molecule has 0 saturated carbocycles. The molecule has 4 rings (SSSR count). The zero-order valence-electron chi connectivity index (χ0n) is 15.0. The molecule has 0 amide bonds. The Morgan fingerprint density at radius 1 is 1.19 bits per heavy atom. The van der Waals surface area contributed by atoms with Gasteiger partial charge in [-0.15, -0.1) is 0 Å². The number of nitrogens with zero attached hydrogens (tertiary/aromatic N) is 2. The van der Waals surface area contributed by atoms with E-state index in [1.54, 1.807) is 6.33 Å². The average molecular weight is 348 g/mol. The summed E-state index contributed by atoms with van der Waals surface area (Å²) in [5.41, 5.74) is 5.88. The molecule has 0 bridgehead atoms. The third-order valence-electron chi connectivity index (χ3n) is 4.91. The summed E-state index contributed by atoms with van der Waals surface area (Å²) in [4.78, 5) is 12.2. The summed E-state index contributed by atoms with van der Waals surface area (Å²) in [5, 5.41) is 3.45. The lowest BCUT2D eigenvalue weighted by Crippen LogP contribution is -2.28. The first-order valence-electron chi connectivity index (χ1n) is 9.23. The van der Waals surface area contributed by atoms with Crippen molar-refractivity contribution in [3.63, 3.8) is 0 Å². The summed E-state index contributed by atoms with van der Waals surface area (Å²) in [6.07, 6.45) is 5.56. The third-order valence-corrected chi connectivity index (χ3v) is 4.91. The quantitative estimate of drug-likeness (QED) is 0.718. The van der Waals surface area contributed by atoms with Gasteiger partial charge in [0.05, 0.1) is 24.3 Å². The Morgan fingerprint density at radius 2 is 2.15 bits per heavy atom. The summed E-state index contributed by atoms with van der Waals surface area (Å²) in [5.74, 6) is 1.16. The number of aromatic nitrogens is 3. The van der Waals surface area contributed by atoms with Crippen molar-refractivity contribution in [2.24, 2.45) is 0 Å². The van der Waals surface area contributed by atoms with Crippen LogP contribution in [0.25, 0.3) is 0 Å². The molecule has 0 aliphatic carbocycles. The minimum Gasteiger partial charge on any atom is -0.493 e. The van der Waals surface area contributed by atoms with Crippen molar-refractivity contribution in [2.75, 3.05) is 13.2 Å². The van der Waals surface area contributed by atoms with Crippen LogP contribution < -0.4 is 10.1 Å². The largest absolute Gasteiger partial charge is 0.493 e. The van der Waals surface area contributed by atoms with Crippen LogP contribution in [0.2, 0.25) is 0 Å². The number of nitrogens with one attached hydrogen (secondary N) is 2. The van der Waals surface area contributed by atoms with Crippen molar-refractivity contribution in [3.05, 3.63) is 77.1 Å². The lowest BCUT2D eigenvalue weighted by atomic mass is 9.92. The van der Waals surface area contributed by atoms with Crippen LogP contribution in [0, 0.1) is 0 Å². The smallest absolute Gasteiger partial charge is 0.119 e. The van der Waals surface area contributed by atoms with Crippen LogP contribution in [-0.2, 0) is 19.4 Å². The monoisotopic (exact) mass is 348 g/mol. The van der Waals surface area contributed by atoms with Crippen molar-refractivity contribution >= 4 is 0 Å². The van der Waals surface area contributed by atoms with Gasteiger partial charge >= 0.3 is 0 Å². The van der Waals surface area contributed by atoms with E-state index in [4.69, 9.17) is 4.74 Å². The fraction of sp³-hybridized carbons (Fsp3) is 0.333. The lowest BCUT2D eigenvalue weighted by Gasteiger charge is -2.23. The summed E-state index contributed by atoms with van der Waals surface area (Å²) >= 11 is 0. The van der Waals surface area contributed by atoms with Crippen LogP contribution in [0.4, 0.5) is 0 Å². The fourth-order valence-electron chi connectivity index (χ4n) is 3.39. The van der Waals surface area contributed by atoms with E-state index in [2.05, 4.69) is 57.5 Å². The number of imidazole rings is 1. The zero-order chi connectivity index (χ0) is 17.8. The second kappa shape index (κ2) is 7.70. The molecule has 1 atom stereocenters. The minimum atomic E-state index is 0.261. The maximum absolute atomic E-state index is 5.98. The topological polar surface area (TPSA) is 62.8 Å². The van der Waals surface area contributed by atoms with Gasteiger partial charge in [0.2, 0.25) is 0 Å². The molecule has 2 N–H and O–H groups in total. The molecule has 5 nitrogen and oxygen atoms in total. The molecule has 0 saturated heterocycles. The molecule has 2 aromatic heterocycles. The number of aryl methyl sites for hydroxylation is 1. The van der Waals surface area contributed by atoms with Crippen molar-refractivity contribution < 1.29 is 4.74 Å². The molecule has 1 aliphatic rings. The highest BCUT2D eigenvalue weighted by molar-refractivity contribution is 5.38. The predicted octanol–water partition coefficient (Wildman–Crippen LogP) is 3.22. The fourth-order valence-corrected chi connectivity index (χ4v) is 3.39.